The van der Waals surface area contributed by atoms with Crippen LogP contribution in [0, 0.1) is 5.92 Å². The van der Waals surface area contributed by atoms with E-state index >= 15 is 0 Å². The van der Waals surface area contributed by atoms with Crippen molar-refractivity contribution in [1.29, 1.82) is 0 Å². The van der Waals surface area contributed by atoms with E-state index in [1.807, 2.05) is 13.2 Å². The number of rotatable bonds is 4. The van der Waals surface area contributed by atoms with Crippen LogP contribution in [0.2, 0.25) is 0 Å². The van der Waals surface area contributed by atoms with Crippen LogP contribution in [0.15, 0.2) is 18.3 Å². The second kappa shape index (κ2) is 6.86. The maximum Gasteiger partial charge on any atom is 0.0544 e. The molecule has 0 bridgehead atoms. The van der Waals surface area contributed by atoms with E-state index in [-0.39, 0.29) is 0 Å². The van der Waals surface area contributed by atoms with E-state index in [0.717, 1.165) is 19.0 Å². The van der Waals surface area contributed by atoms with Gasteiger partial charge in [0.25, 0.3) is 0 Å². The maximum atomic E-state index is 4.56. The van der Waals surface area contributed by atoms with Gasteiger partial charge in [0.05, 0.1) is 5.69 Å². The van der Waals surface area contributed by atoms with Crippen molar-refractivity contribution in [3.63, 3.8) is 0 Å². The second-order valence-corrected chi connectivity index (χ2v) is 5.50. The van der Waals surface area contributed by atoms with Gasteiger partial charge in [-0.05, 0) is 56.9 Å². The molecule has 1 fully saturated rings. The van der Waals surface area contributed by atoms with Crippen molar-refractivity contribution in [2.24, 2.45) is 5.92 Å². The van der Waals surface area contributed by atoms with Crippen LogP contribution < -0.4 is 5.32 Å². The van der Waals surface area contributed by atoms with Crippen LogP contribution in [0.25, 0.3) is 0 Å². The number of nitrogens with zero attached hydrogens (tertiary/aromatic N) is 2. The van der Waals surface area contributed by atoms with Crippen LogP contribution in [-0.2, 0) is 13.1 Å². The number of pyridine rings is 1. The Kier molecular flexibility index (Phi) is 5.14. The van der Waals surface area contributed by atoms with Crippen molar-refractivity contribution >= 4 is 0 Å². The molecule has 1 unspecified atom stereocenters. The van der Waals surface area contributed by atoms with Crippen LogP contribution in [0.5, 0.6) is 0 Å². The lowest BCUT2D eigenvalue weighted by Gasteiger charge is -2.19. The van der Waals surface area contributed by atoms with Crippen molar-refractivity contribution in [1.82, 2.24) is 15.2 Å². The molecule has 0 spiro atoms. The molecule has 1 aliphatic rings. The van der Waals surface area contributed by atoms with Gasteiger partial charge in [0.2, 0.25) is 0 Å². The summed E-state index contributed by atoms with van der Waals surface area (Å²) in [4.78, 5) is 7.10. The average molecular weight is 247 g/mol. The summed E-state index contributed by atoms with van der Waals surface area (Å²) in [6, 6.07) is 4.35. The molecule has 2 rings (SSSR count). The molecule has 1 aromatic heterocycles. The molecule has 0 radical (unpaired) electrons. The van der Waals surface area contributed by atoms with E-state index in [4.69, 9.17) is 0 Å². The predicted molar refractivity (Wildman–Crippen MR) is 75.3 cm³/mol. The molecule has 18 heavy (non-hydrogen) atoms. The molecular weight excluding hydrogens is 222 g/mol. The van der Waals surface area contributed by atoms with Gasteiger partial charge in [-0.15, -0.1) is 0 Å². The SMILES string of the molecule is CNCc1ccc(CN2CCCC(C)CC2)nc1. The summed E-state index contributed by atoms with van der Waals surface area (Å²) in [6.07, 6.45) is 6.04. The monoisotopic (exact) mass is 247 g/mol. The van der Waals surface area contributed by atoms with E-state index in [9.17, 15) is 0 Å². The highest BCUT2D eigenvalue weighted by atomic mass is 15.1. The summed E-state index contributed by atoms with van der Waals surface area (Å²) in [5.41, 5.74) is 2.45. The Labute approximate surface area is 111 Å². The molecule has 1 N–H and O–H groups in total. The summed E-state index contributed by atoms with van der Waals surface area (Å²) in [5, 5.41) is 3.15. The average Bonchev–Trinajstić information content (AvgIpc) is 2.57. The molecule has 0 aliphatic carbocycles. The van der Waals surface area contributed by atoms with Crippen molar-refractivity contribution in [2.75, 3.05) is 20.1 Å². The smallest absolute Gasteiger partial charge is 0.0544 e. The topological polar surface area (TPSA) is 28.2 Å². The van der Waals surface area contributed by atoms with E-state index in [1.165, 1.54) is 43.6 Å². The van der Waals surface area contributed by atoms with Crippen molar-refractivity contribution in [3.8, 4) is 0 Å². The maximum absolute atomic E-state index is 4.56. The highest BCUT2D eigenvalue weighted by Crippen LogP contribution is 2.17. The molecule has 100 valence electrons. The molecule has 3 nitrogen and oxygen atoms in total. The molecule has 3 heteroatoms. The molecular formula is C15H25N3. The Morgan fingerprint density at radius 2 is 2.22 bits per heavy atom. The molecule has 1 aliphatic heterocycles. The largest absolute Gasteiger partial charge is 0.316 e. The van der Waals surface area contributed by atoms with Crippen molar-refractivity contribution < 1.29 is 0 Å². The van der Waals surface area contributed by atoms with Gasteiger partial charge in [-0.1, -0.05) is 13.0 Å². The summed E-state index contributed by atoms with van der Waals surface area (Å²) in [6.45, 7) is 6.72. The first-order valence-corrected chi connectivity index (χ1v) is 7.08. The highest BCUT2D eigenvalue weighted by Gasteiger charge is 2.14. The Hall–Kier alpha value is -0.930. The number of hydrogen-bond acceptors (Lipinski definition) is 3. The van der Waals surface area contributed by atoms with E-state index in [0.29, 0.717) is 0 Å². The first kappa shape index (κ1) is 13.5. The number of nitrogens with one attached hydrogen (secondary N) is 1. The van der Waals surface area contributed by atoms with Gasteiger partial charge in [-0.3, -0.25) is 9.88 Å². The molecule has 0 amide bonds. The second-order valence-electron chi connectivity index (χ2n) is 5.50. The molecule has 1 aromatic rings. The normalized spacial score (nSPS) is 21.8. The first-order chi connectivity index (χ1) is 8.78. The van der Waals surface area contributed by atoms with Gasteiger partial charge >= 0.3 is 0 Å². The fourth-order valence-electron chi connectivity index (χ4n) is 2.57. The fraction of sp³-hybridized carbons (Fsp3) is 0.667. The van der Waals surface area contributed by atoms with Gasteiger partial charge in [0.1, 0.15) is 0 Å². The zero-order chi connectivity index (χ0) is 12.8. The van der Waals surface area contributed by atoms with Crippen LogP contribution in [0.4, 0.5) is 0 Å². The highest BCUT2D eigenvalue weighted by molar-refractivity contribution is 5.13. The zero-order valence-corrected chi connectivity index (χ0v) is 11.7. The lowest BCUT2D eigenvalue weighted by atomic mass is 10.0. The molecule has 1 atom stereocenters. The van der Waals surface area contributed by atoms with Gasteiger partial charge in [-0.2, -0.15) is 0 Å². The third kappa shape index (κ3) is 4.07. The van der Waals surface area contributed by atoms with Gasteiger partial charge < -0.3 is 5.32 Å². The minimum absolute atomic E-state index is 0.890. The Morgan fingerprint density at radius 1 is 1.33 bits per heavy atom. The Bertz CT molecular complexity index is 347. The third-order valence-electron chi connectivity index (χ3n) is 3.76. The lowest BCUT2D eigenvalue weighted by molar-refractivity contribution is 0.270. The molecule has 1 saturated heterocycles. The Balaban J connectivity index is 1.88. The van der Waals surface area contributed by atoms with Gasteiger partial charge in [-0.25, -0.2) is 0 Å². The summed E-state index contributed by atoms with van der Waals surface area (Å²) in [7, 11) is 1.96. The number of aromatic nitrogens is 1. The third-order valence-corrected chi connectivity index (χ3v) is 3.76. The number of hydrogen-bond donors (Lipinski definition) is 1. The zero-order valence-electron chi connectivity index (χ0n) is 11.7. The van der Waals surface area contributed by atoms with Crippen LogP contribution in [0.1, 0.15) is 37.4 Å². The minimum Gasteiger partial charge on any atom is -0.316 e. The Morgan fingerprint density at radius 3 is 2.94 bits per heavy atom. The molecule has 0 aromatic carbocycles. The molecule has 0 saturated carbocycles. The van der Waals surface area contributed by atoms with Crippen LogP contribution in [-0.4, -0.2) is 30.0 Å². The van der Waals surface area contributed by atoms with Gasteiger partial charge in [0, 0.05) is 19.3 Å². The van der Waals surface area contributed by atoms with Crippen LogP contribution in [0.3, 0.4) is 0 Å². The fourth-order valence-corrected chi connectivity index (χ4v) is 2.57. The van der Waals surface area contributed by atoms with E-state index in [2.05, 4.69) is 34.3 Å². The van der Waals surface area contributed by atoms with Crippen LogP contribution >= 0.6 is 0 Å². The van der Waals surface area contributed by atoms with E-state index in [1.54, 1.807) is 0 Å². The predicted octanol–water partition coefficient (Wildman–Crippen LogP) is 2.42. The van der Waals surface area contributed by atoms with Crippen molar-refractivity contribution in [3.05, 3.63) is 29.6 Å². The number of likely N-dealkylation sites (tertiary alicyclic amines) is 1. The summed E-state index contributed by atoms with van der Waals surface area (Å²) >= 11 is 0. The minimum atomic E-state index is 0.890. The van der Waals surface area contributed by atoms with Crippen molar-refractivity contribution in [2.45, 2.75) is 39.3 Å². The summed E-state index contributed by atoms with van der Waals surface area (Å²) in [5.74, 6) is 0.890. The van der Waals surface area contributed by atoms with Gasteiger partial charge in [0.15, 0.2) is 0 Å². The van der Waals surface area contributed by atoms with E-state index < -0.39 is 0 Å². The molecule has 2 heterocycles. The standard InChI is InChI=1S/C15H25N3/c1-13-4-3-8-18(9-7-13)12-15-6-5-14(10-16-2)11-17-15/h5-6,11,13,16H,3-4,7-10,12H2,1-2H3. The lowest BCUT2D eigenvalue weighted by Crippen LogP contribution is -2.24. The summed E-state index contributed by atoms with van der Waals surface area (Å²) < 4.78 is 0. The quantitative estimate of drug-likeness (QED) is 0.885. The first-order valence-electron chi connectivity index (χ1n) is 7.08.